The predicted molar refractivity (Wildman–Crippen MR) is 71.7 cm³/mol. The number of rotatable bonds is 4. The number of nitrogens with zero attached hydrogens (tertiary/aromatic N) is 2. The minimum Gasteiger partial charge on any atom is -0.374 e. The lowest BCUT2D eigenvalue weighted by Crippen LogP contribution is -2.50. The maximum atomic E-state index is 11.3. The van der Waals surface area contributed by atoms with Crippen LogP contribution in [0.1, 0.15) is 32.6 Å². The largest absolute Gasteiger partial charge is 0.374 e. The van der Waals surface area contributed by atoms with Crippen LogP contribution in [0.15, 0.2) is 0 Å². The first kappa shape index (κ1) is 14.0. The highest BCUT2D eigenvalue weighted by Gasteiger charge is 2.27. The molecule has 0 spiro atoms. The fraction of sp³-hybridized carbons (Fsp3) is 0.929. The summed E-state index contributed by atoms with van der Waals surface area (Å²) in [6.07, 6.45) is 4.72. The molecule has 0 aromatic rings. The first-order valence-electron chi connectivity index (χ1n) is 7.19. The van der Waals surface area contributed by atoms with Gasteiger partial charge in [0, 0.05) is 32.1 Å². The minimum atomic E-state index is 0.314. The lowest BCUT2D eigenvalue weighted by Gasteiger charge is -2.39. The number of hydrogen-bond acceptors (Lipinski definition) is 4. The molecular formula is C14H26N2O2. The van der Waals surface area contributed by atoms with Crippen LogP contribution in [-0.2, 0) is 9.53 Å². The Bertz CT molecular complexity index is 283. The van der Waals surface area contributed by atoms with E-state index in [1.165, 1.54) is 19.3 Å². The summed E-state index contributed by atoms with van der Waals surface area (Å²) in [5.41, 5.74) is 0. The van der Waals surface area contributed by atoms with E-state index in [1.807, 2.05) is 0 Å². The summed E-state index contributed by atoms with van der Waals surface area (Å²) >= 11 is 0. The maximum Gasteiger partial charge on any atom is 0.131 e. The number of hydrogen-bond donors (Lipinski definition) is 0. The molecule has 0 amide bonds. The summed E-state index contributed by atoms with van der Waals surface area (Å²) in [7, 11) is 2.15. The third-order valence-electron chi connectivity index (χ3n) is 4.05. The highest BCUT2D eigenvalue weighted by atomic mass is 16.5. The van der Waals surface area contributed by atoms with Crippen molar-refractivity contribution in [2.75, 3.05) is 39.8 Å². The van der Waals surface area contributed by atoms with Crippen molar-refractivity contribution in [1.29, 1.82) is 0 Å². The molecule has 0 aromatic heterocycles. The Balaban J connectivity index is 1.86. The standard InChI is InChI=1S/C14H26N2O2/c1-12(17)9-13-5-3-4-6-16(13)11-14-10-15(2)7-8-18-14/h13-14H,3-11H2,1-2H3. The highest BCUT2D eigenvalue weighted by molar-refractivity contribution is 5.76. The highest BCUT2D eigenvalue weighted by Crippen LogP contribution is 2.21. The maximum absolute atomic E-state index is 11.3. The minimum absolute atomic E-state index is 0.314. The summed E-state index contributed by atoms with van der Waals surface area (Å²) in [6.45, 7) is 6.71. The molecule has 0 N–H and O–H groups in total. The Morgan fingerprint density at radius 1 is 1.33 bits per heavy atom. The van der Waals surface area contributed by atoms with Crippen LogP contribution >= 0.6 is 0 Å². The van der Waals surface area contributed by atoms with Gasteiger partial charge in [-0.25, -0.2) is 0 Å². The molecule has 2 aliphatic rings. The molecule has 2 fully saturated rings. The molecule has 2 aliphatic heterocycles. The normalized spacial score (nSPS) is 31.4. The SMILES string of the molecule is CC(=O)CC1CCCCN1CC1CN(C)CCO1. The number of carbonyl (C=O) groups is 1. The molecule has 2 heterocycles. The van der Waals surface area contributed by atoms with Crippen molar-refractivity contribution in [2.24, 2.45) is 0 Å². The van der Waals surface area contributed by atoms with E-state index in [9.17, 15) is 4.79 Å². The smallest absolute Gasteiger partial charge is 0.131 e. The monoisotopic (exact) mass is 254 g/mol. The molecule has 4 heteroatoms. The molecular weight excluding hydrogens is 228 g/mol. The van der Waals surface area contributed by atoms with Gasteiger partial charge in [-0.1, -0.05) is 6.42 Å². The molecule has 0 saturated carbocycles. The van der Waals surface area contributed by atoms with Crippen LogP contribution in [0.3, 0.4) is 0 Å². The van der Waals surface area contributed by atoms with E-state index in [-0.39, 0.29) is 0 Å². The molecule has 104 valence electrons. The Hall–Kier alpha value is -0.450. The van der Waals surface area contributed by atoms with Crippen LogP contribution in [-0.4, -0.2) is 67.6 Å². The van der Waals surface area contributed by atoms with E-state index in [4.69, 9.17) is 4.74 Å². The number of likely N-dealkylation sites (tertiary alicyclic amines) is 1. The molecule has 0 radical (unpaired) electrons. The second-order valence-corrected chi connectivity index (χ2v) is 5.81. The first-order valence-corrected chi connectivity index (χ1v) is 7.19. The van der Waals surface area contributed by atoms with Crippen molar-refractivity contribution in [3.63, 3.8) is 0 Å². The quantitative estimate of drug-likeness (QED) is 0.753. The molecule has 2 atom stereocenters. The van der Waals surface area contributed by atoms with Gasteiger partial charge in [-0.3, -0.25) is 9.69 Å². The van der Waals surface area contributed by atoms with Gasteiger partial charge in [-0.2, -0.15) is 0 Å². The number of likely N-dealkylation sites (N-methyl/N-ethyl adjacent to an activating group) is 1. The molecule has 18 heavy (non-hydrogen) atoms. The van der Waals surface area contributed by atoms with Crippen LogP contribution in [0, 0.1) is 0 Å². The van der Waals surface area contributed by atoms with Crippen molar-refractivity contribution >= 4 is 5.78 Å². The van der Waals surface area contributed by atoms with Gasteiger partial charge in [-0.15, -0.1) is 0 Å². The lowest BCUT2D eigenvalue weighted by molar-refractivity contribution is -0.119. The zero-order valence-electron chi connectivity index (χ0n) is 11.7. The van der Waals surface area contributed by atoms with Crippen molar-refractivity contribution in [1.82, 2.24) is 9.80 Å². The fourth-order valence-corrected chi connectivity index (χ4v) is 3.10. The Morgan fingerprint density at radius 3 is 2.89 bits per heavy atom. The second-order valence-electron chi connectivity index (χ2n) is 5.81. The molecule has 4 nitrogen and oxygen atoms in total. The first-order chi connectivity index (χ1) is 8.65. The van der Waals surface area contributed by atoms with Crippen molar-refractivity contribution in [3.05, 3.63) is 0 Å². The van der Waals surface area contributed by atoms with Crippen LogP contribution in [0.25, 0.3) is 0 Å². The van der Waals surface area contributed by atoms with Gasteiger partial charge in [0.05, 0.1) is 12.7 Å². The molecule has 0 aromatic carbocycles. The van der Waals surface area contributed by atoms with Gasteiger partial charge in [-0.05, 0) is 33.4 Å². The third-order valence-corrected chi connectivity index (χ3v) is 4.05. The van der Waals surface area contributed by atoms with Gasteiger partial charge in [0.1, 0.15) is 5.78 Å². The van der Waals surface area contributed by atoms with Crippen molar-refractivity contribution in [3.8, 4) is 0 Å². The van der Waals surface area contributed by atoms with Gasteiger partial charge >= 0.3 is 0 Å². The van der Waals surface area contributed by atoms with Gasteiger partial charge in [0.25, 0.3) is 0 Å². The Labute approximate surface area is 110 Å². The molecule has 0 bridgehead atoms. The average Bonchev–Trinajstić information content (AvgIpc) is 2.31. The second kappa shape index (κ2) is 6.64. The lowest BCUT2D eigenvalue weighted by atomic mass is 9.97. The van der Waals surface area contributed by atoms with Crippen LogP contribution < -0.4 is 0 Å². The van der Waals surface area contributed by atoms with Crippen molar-refractivity contribution in [2.45, 2.75) is 44.8 Å². The van der Waals surface area contributed by atoms with Gasteiger partial charge in [0.15, 0.2) is 0 Å². The number of morpholine rings is 1. The third kappa shape index (κ3) is 4.04. The van der Waals surface area contributed by atoms with E-state index in [0.29, 0.717) is 24.3 Å². The van der Waals surface area contributed by atoms with E-state index in [0.717, 1.165) is 32.8 Å². The summed E-state index contributed by atoms with van der Waals surface area (Å²) in [5, 5.41) is 0. The number of ketones is 1. The summed E-state index contributed by atoms with van der Waals surface area (Å²) in [6, 6.07) is 0.451. The number of Topliss-reactive ketones (excluding diaryl/α,β-unsaturated/α-hetero) is 1. The molecule has 2 rings (SSSR count). The summed E-state index contributed by atoms with van der Waals surface area (Å²) in [4.78, 5) is 16.1. The van der Waals surface area contributed by atoms with Gasteiger partial charge < -0.3 is 9.64 Å². The van der Waals surface area contributed by atoms with Crippen LogP contribution in [0.5, 0.6) is 0 Å². The van der Waals surface area contributed by atoms with Crippen LogP contribution in [0.4, 0.5) is 0 Å². The number of piperidine rings is 1. The van der Waals surface area contributed by atoms with Crippen LogP contribution in [0.2, 0.25) is 0 Å². The predicted octanol–water partition coefficient (Wildman–Crippen LogP) is 1.15. The Kier molecular flexibility index (Phi) is 5.15. The molecule has 2 unspecified atom stereocenters. The zero-order chi connectivity index (χ0) is 13.0. The average molecular weight is 254 g/mol. The van der Waals surface area contributed by atoms with E-state index < -0.39 is 0 Å². The molecule has 2 saturated heterocycles. The number of ether oxygens (including phenoxy) is 1. The zero-order valence-corrected chi connectivity index (χ0v) is 11.7. The summed E-state index contributed by atoms with van der Waals surface area (Å²) in [5.74, 6) is 0.314. The van der Waals surface area contributed by atoms with Crippen molar-refractivity contribution < 1.29 is 9.53 Å². The summed E-state index contributed by atoms with van der Waals surface area (Å²) < 4.78 is 5.84. The van der Waals surface area contributed by atoms with E-state index >= 15 is 0 Å². The fourth-order valence-electron chi connectivity index (χ4n) is 3.10. The van der Waals surface area contributed by atoms with Gasteiger partial charge in [0.2, 0.25) is 0 Å². The topological polar surface area (TPSA) is 32.8 Å². The molecule has 0 aliphatic carbocycles. The Morgan fingerprint density at radius 2 is 2.17 bits per heavy atom. The number of carbonyl (C=O) groups excluding carboxylic acids is 1. The van der Waals surface area contributed by atoms with E-state index in [1.54, 1.807) is 6.92 Å². The van der Waals surface area contributed by atoms with E-state index in [2.05, 4.69) is 16.8 Å².